The summed E-state index contributed by atoms with van der Waals surface area (Å²) in [5.74, 6) is 0. The van der Waals surface area contributed by atoms with E-state index in [1.54, 1.807) is 12.5 Å². The van der Waals surface area contributed by atoms with E-state index in [4.69, 9.17) is 9.47 Å². The highest BCUT2D eigenvalue weighted by atomic mass is 16.5. The van der Waals surface area contributed by atoms with Crippen molar-refractivity contribution in [3.8, 4) is 17.8 Å². The molecule has 0 radical (unpaired) electrons. The van der Waals surface area contributed by atoms with Crippen molar-refractivity contribution in [2.24, 2.45) is 0 Å². The van der Waals surface area contributed by atoms with Gasteiger partial charge in [0.2, 0.25) is 0 Å². The lowest BCUT2D eigenvalue weighted by Crippen LogP contribution is -2.73. The van der Waals surface area contributed by atoms with Crippen molar-refractivity contribution in [3.05, 3.63) is 48.5 Å². The first-order valence-electron chi connectivity index (χ1n) is 9.89. The summed E-state index contributed by atoms with van der Waals surface area (Å²) in [5, 5.41) is 20.4. The van der Waals surface area contributed by atoms with Gasteiger partial charge in [-0.25, -0.2) is 9.88 Å². The molecule has 8 heteroatoms. The van der Waals surface area contributed by atoms with Crippen molar-refractivity contribution < 1.29 is 14.0 Å². The van der Waals surface area contributed by atoms with Gasteiger partial charge in [-0.2, -0.15) is 10.5 Å². The number of quaternary nitrogens is 1. The highest BCUT2D eigenvalue weighted by Crippen LogP contribution is 2.40. The minimum atomic E-state index is -0.962. The molecule has 4 rings (SSSR count). The molecule has 2 aromatic rings. The van der Waals surface area contributed by atoms with Crippen molar-refractivity contribution in [2.45, 2.75) is 5.66 Å². The van der Waals surface area contributed by atoms with Crippen molar-refractivity contribution in [2.75, 3.05) is 59.2 Å². The van der Waals surface area contributed by atoms with Gasteiger partial charge < -0.3 is 14.0 Å². The normalized spacial score (nSPS) is 21.6. The molecule has 29 heavy (non-hydrogen) atoms. The molecule has 1 aromatic carbocycles. The summed E-state index contributed by atoms with van der Waals surface area (Å²) in [6.45, 7) is 5.08. The molecule has 0 bridgehead atoms. The average Bonchev–Trinajstić information content (AvgIpc) is 3.32. The van der Waals surface area contributed by atoms with Crippen LogP contribution < -0.4 is 0 Å². The minimum Gasteiger partial charge on any atom is -0.379 e. The Balaban J connectivity index is 1.83. The van der Waals surface area contributed by atoms with Gasteiger partial charge in [-0.15, -0.1) is 0 Å². The molecule has 1 atom stereocenters. The Bertz CT molecular complexity index is 887. The topological polar surface area (TPSA) is 87.1 Å². The van der Waals surface area contributed by atoms with Gasteiger partial charge in [-0.05, 0) is 24.3 Å². The largest absolute Gasteiger partial charge is 0.379 e. The number of nitriles is 2. The Morgan fingerprint density at radius 3 is 2.31 bits per heavy atom. The van der Waals surface area contributed by atoms with Crippen LogP contribution >= 0.6 is 0 Å². The van der Waals surface area contributed by atoms with Gasteiger partial charge in [0.05, 0.1) is 32.8 Å². The van der Waals surface area contributed by atoms with Crippen molar-refractivity contribution >= 4 is 0 Å². The van der Waals surface area contributed by atoms with E-state index < -0.39 is 5.66 Å². The first kappa shape index (κ1) is 19.6. The molecule has 1 aromatic heterocycles. The fraction of sp³-hybridized carbons (Fsp3) is 0.476. The van der Waals surface area contributed by atoms with E-state index in [2.05, 4.69) is 22.0 Å². The molecule has 2 fully saturated rings. The van der Waals surface area contributed by atoms with Crippen LogP contribution in [0.25, 0.3) is 5.69 Å². The van der Waals surface area contributed by atoms with E-state index in [9.17, 15) is 10.5 Å². The van der Waals surface area contributed by atoms with Crippen LogP contribution in [-0.4, -0.2) is 78.1 Å². The minimum absolute atomic E-state index is 0.261. The molecule has 0 spiro atoms. The third-order valence-corrected chi connectivity index (χ3v) is 6.08. The van der Waals surface area contributed by atoms with Crippen LogP contribution in [0, 0.1) is 22.7 Å². The maximum absolute atomic E-state index is 10.7. The van der Waals surface area contributed by atoms with Crippen LogP contribution in [0.5, 0.6) is 0 Å². The van der Waals surface area contributed by atoms with Crippen LogP contribution in [0.4, 0.5) is 0 Å². The second-order valence-corrected chi connectivity index (χ2v) is 7.42. The van der Waals surface area contributed by atoms with Crippen molar-refractivity contribution in [3.63, 3.8) is 0 Å². The highest BCUT2D eigenvalue weighted by molar-refractivity contribution is 5.39. The Kier molecular flexibility index (Phi) is 5.61. The average molecular weight is 393 g/mol. The quantitative estimate of drug-likeness (QED) is 0.561. The zero-order valence-electron chi connectivity index (χ0n) is 16.4. The molecule has 2 aliphatic heterocycles. The number of imidazole rings is 1. The standard InChI is InChI=1S/C21H25N6O2/c22-5-10-27(11-15-29-16-12-27)21(17-23,26-8-13-28-14-9-26)19-1-3-20(4-2-19)25-7-6-24-18-25/h1-4,6-7,18H,8-16H2/q+1. The van der Waals surface area contributed by atoms with E-state index >= 15 is 0 Å². The first-order chi connectivity index (χ1) is 14.3. The molecule has 0 amide bonds. The number of hydrogen-bond acceptors (Lipinski definition) is 6. The van der Waals surface area contributed by atoms with Crippen molar-refractivity contribution in [1.82, 2.24) is 14.5 Å². The molecule has 0 N–H and O–H groups in total. The Morgan fingerprint density at radius 2 is 1.72 bits per heavy atom. The number of aromatic nitrogens is 2. The van der Waals surface area contributed by atoms with Gasteiger partial charge in [0.25, 0.3) is 5.66 Å². The third-order valence-electron chi connectivity index (χ3n) is 6.08. The maximum atomic E-state index is 10.7. The van der Waals surface area contributed by atoms with E-state index in [0.29, 0.717) is 57.1 Å². The van der Waals surface area contributed by atoms with E-state index in [-0.39, 0.29) is 6.54 Å². The predicted octanol–water partition coefficient (Wildman–Crippen LogP) is 1.25. The Labute approximate surface area is 170 Å². The molecule has 2 aliphatic rings. The molecular formula is C21H25N6O2+. The molecule has 3 heterocycles. The number of ether oxygens (including phenoxy) is 2. The Hall–Kier alpha value is -2.75. The summed E-state index contributed by atoms with van der Waals surface area (Å²) in [7, 11) is 0. The van der Waals surface area contributed by atoms with Gasteiger partial charge in [0.15, 0.2) is 12.6 Å². The van der Waals surface area contributed by atoms with Crippen LogP contribution in [0.3, 0.4) is 0 Å². The number of benzene rings is 1. The van der Waals surface area contributed by atoms with Gasteiger partial charge in [-0.3, -0.25) is 4.48 Å². The Morgan fingerprint density at radius 1 is 1.03 bits per heavy atom. The molecule has 150 valence electrons. The zero-order chi connectivity index (χ0) is 20.2. The van der Waals surface area contributed by atoms with Gasteiger partial charge in [0, 0.05) is 36.7 Å². The molecule has 2 saturated heterocycles. The summed E-state index contributed by atoms with van der Waals surface area (Å²) < 4.78 is 13.5. The molecule has 8 nitrogen and oxygen atoms in total. The second-order valence-electron chi connectivity index (χ2n) is 7.42. The lowest BCUT2D eigenvalue weighted by molar-refractivity contribution is -0.988. The summed E-state index contributed by atoms with van der Waals surface area (Å²) in [4.78, 5) is 6.30. The lowest BCUT2D eigenvalue weighted by atomic mass is 9.91. The first-order valence-corrected chi connectivity index (χ1v) is 9.89. The molecular weight excluding hydrogens is 368 g/mol. The predicted molar refractivity (Wildman–Crippen MR) is 105 cm³/mol. The lowest BCUT2D eigenvalue weighted by Gasteiger charge is -2.54. The van der Waals surface area contributed by atoms with Crippen LogP contribution in [0.1, 0.15) is 5.56 Å². The summed E-state index contributed by atoms with van der Waals surface area (Å²) >= 11 is 0. The molecule has 1 unspecified atom stereocenters. The number of hydrogen-bond donors (Lipinski definition) is 0. The second kappa shape index (κ2) is 8.32. The highest BCUT2D eigenvalue weighted by Gasteiger charge is 2.58. The molecule has 0 aliphatic carbocycles. The van der Waals surface area contributed by atoms with E-state index in [1.165, 1.54) is 0 Å². The SMILES string of the molecule is N#CC[N+]1(C(C#N)(c2ccc(-n3ccnc3)cc2)N2CCOCC2)CCOCC1. The van der Waals surface area contributed by atoms with Gasteiger partial charge in [0.1, 0.15) is 19.2 Å². The van der Waals surface area contributed by atoms with Crippen molar-refractivity contribution in [1.29, 1.82) is 10.5 Å². The smallest absolute Gasteiger partial charge is 0.271 e. The third kappa shape index (κ3) is 3.31. The fourth-order valence-corrected chi connectivity index (χ4v) is 4.59. The van der Waals surface area contributed by atoms with Gasteiger partial charge >= 0.3 is 0 Å². The molecule has 0 saturated carbocycles. The van der Waals surface area contributed by atoms with Crippen LogP contribution in [-0.2, 0) is 15.1 Å². The zero-order valence-corrected chi connectivity index (χ0v) is 16.4. The van der Waals surface area contributed by atoms with Gasteiger partial charge in [-0.1, -0.05) is 0 Å². The maximum Gasteiger partial charge on any atom is 0.271 e. The van der Waals surface area contributed by atoms with E-state index in [0.717, 1.165) is 11.3 Å². The summed E-state index contributed by atoms with van der Waals surface area (Å²) in [6.07, 6.45) is 5.38. The van der Waals surface area contributed by atoms with Crippen LogP contribution in [0.15, 0.2) is 43.0 Å². The number of rotatable bonds is 5. The fourth-order valence-electron chi connectivity index (χ4n) is 4.59. The number of nitrogens with zero attached hydrogens (tertiary/aromatic N) is 6. The van der Waals surface area contributed by atoms with E-state index in [1.807, 2.05) is 35.0 Å². The summed E-state index contributed by atoms with van der Waals surface area (Å²) in [6, 6.07) is 13.1. The summed E-state index contributed by atoms with van der Waals surface area (Å²) in [5.41, 5.74) is 0.924. The van der Waals surface area contributed by atoms with Crippen LogP contribution in [0.2, 0.25) is 0 Å². The number of morpholine rings is 2. The monoisotopic (exact) mass is 393 g/mol.